The largest absolute Gasteiger partial charge is 0.463 e. The second-order valence-electron chi connectivity index (χ2n) is 7.54. The van der Waals surface area contributed by atoms with Crippen molar-refractivity contribution in [1.82, 2.24) is 16.0 Å². The third kappa shape index (κ3) is 7.03. The molecular weight excluding hydrogens is 350 g/mol. The summed E-state index contributed by atoms with van der Waals surface area (Å²) in [7, 11) is 0. The zero-order valence-corrected chi connectivity index (χ0v) is 16.8. The van der Waals surface area contributed by atoms with E-state index in [-0.39, 0.29) is 30.2 Å². The highest BCUT2D eigenvalue weighted by atomic mass is 16.5. The van der Waals surface area contributed by atoms with Crippen molar-refractivity contribution < 1.29 is 23.9 Å². The van der Waals surface area contributed by atoms with Gasteiger partial charge in [-0.2, -0.15) is 0 Å². The smallest absolute Gasteiger partial charge is 0.330 e. The summed E-state index contributed by atoms with van der Waals surface area (Å²) in [6, 6.07) is -1.10. The van der Waals surface area contributed by atoms with Gasteiger partial charge in [-0.1, -0.05) is 27.7 Å². The number of amides is 3. The van der Waals surface area contributed by atoms with E-state index in [0.717, 1.165) is 12.2 Å². The minimum atomic E-state index is -0.616. The second kappa shape index (κ2) is 10.1. The first-order valence-electron chi connectivity index (χ1n) is 9.34. The first kappa shape index (κ1) is 22.7. The topological polar surface area (TPSA) is 114 Å². The van der Waals surface area contributed by atoms with E-state index >= 15 is 0 Å². The fourth-order valence-corrected chi connectivity index (χ4v) is 3.22. The molecule has 0 radical (unpaired) electrons. The molecule has 1 aliphatic heterocycles. The van der Waals surface area contributed by atoms with E-state index < -0.39 is 23.5 Å². The Hall–Kier alpha value is -2.38. The predicted molar refractivity (Wildman–Crippen MR) is 100 cm³/mol. The van der Waals surface area contributed by atoms with Gasteiger partial charge in [0.25, 0.3) is 0 Å². The average molecular weight is 381 g/mol. The van der Waals surface area contributed by atoms with Gasteiger partial charge in [-0.05, 0) is 31.1 Å². The van der Waals surface area contributed by atoms with E-state index in [4.69, 9.17) is 4.74 Å². The molecular formula is C19H31N3O5. The lowest BCUT2D eigenvalue weighted by molar-refractivity contribution is -0.140. The number of piperazine rings is 1. The van der Waals surface area contributed by atoms with Gasteiger partial charge in [0.2, 0.25) is 17.7 Å². The van der Waals surface area contributed by atoms with Crippen LogP contribution in [-0.4, -0.2) is 48.9 Å². The van der Waals surface area contributed by atoms with Gasteiger partial charge < -0.3 is 20.7 Å². The van der Waals surface area contributed by atoms with E-state index in [0.29, 0.717) is 19.4 Å². The Morgan fingerprint density at radius 3 is 2.44 bits per heavy atom. The first-order chi connectivity index (χ1) is 12.6. The number of esters is 1. The number of carbonyl (C=O) groups excluding carboxylic acids is 4. The Morgan fingerprint density at radius 1 is 1.19 bits per heavy atom. The Labute approximate surface area is 160 Å². The van der Waals surface area contributed by atoms with Crippen LogP contribution in [0.4, 0.5) is 0 Å². The summed E-state index contributed by atoms with van der Waals surface area (Å²) in [6.45, 7) is 9.96. The Balaban J connectivity index is 2.53. The Morgan fingerprint density at radius 2 is 1.85 bits per heavy atom. The molecule has 8 nitrogen and oxygen atoms in total. The summed E-state index contributed by atoms with van der Waals surface area (Å²) in [4.78, 5) is 47.4. The van der Waals surface area contributed by atoms with Gasteiger partial charge in [-0.25, -0.2) is 4.79 Å². The minimum absolute atomic E-state index is 0.0635. The van der Waals surface area contributed by atoms with E-state index in [2.05, 4.69) is 16.0 Å². The highest BCUT2D eigenvalue weighted by Gasteiger charge is 2.42. The summed E-state index contributed by atoms with van der Waals surface area (Å²) in [5.41, 5.74) is -0.483. The van der Waals surface area contributed by atoms with Crippen LogP contribution in [0.15, 0.2) is 12.2 Å². The molecule has 1 fully saturated rings. The quantitative estimate of drug-likeness (QED) is 0.401. The van der Waals surface area contributed by atoms with Crippen molar-refractivity contribution in [2.75, 3.05) is 13.2 Å². The van der Waals surface area contributed by atoms with Crippen LogP contribution in [0.1, 0.15) is 47.5 Å². The fraction of sp³-hybridized carbons (Fsp3) is 0.684. The average Bonchev–Trinajstić information content (AvgIpc) is 2.59. The summed E-state index contributed by atoms with van der Waals surface area (Å²) in [6.07, 6.45) is 3.38. The van der Waals surface area contributed by atoms with Crippen molar-refractivity contribution in [3.05, 3.63) is 12.2 Å². The predicted octanol–water partition coefficient (Wildman–Crippen LogP) is 0.668. The summed E-state index contributed by atoms with van der Waals surface area (Å²) in [5, 5.41) is 8.30. The molecule has 152 valence electrons. The third-order valence-electron chi connectivity index (χ3n) is 4.53. The van der Waals surface area contributed by atoms with Gasteiger partial charge in [0.1, 0.15) is 12.1 Å². The van der Waals surface area contributed by atoms with Crippen LogP contribution in [0.25, 0.3) is 0 Å². The van der Waals surface area contributed by atoms with Crippen LogP contribution >= 0.6 is 0 Å². The number of hydrogen-bond donors (Lipinski definition) is 3. The molecule has 0 aromatic heterocycles. The molecule has 3 N–H and O–H groups in total. The molecule has 0 saturated carbocycles. The molecule has 1 saturated heterocycles. The van der Waals surface area contributed by atoms with Crippen molar-refractivity contribution in [3.63, 3.8) is 0 Å². The third-order valence-corrected chi connectivity index (χ3v) is 4.53. The molecule has 3 atom stereocenters. The first-order valence-corrected chi connectivity index (χ1v) is 9.34. The van der Waals surface area contributed by atoms with Crippen LogP contribution in [0.5, 0.6) is 0 Å². The minimum Gasteiger partial charge on any atom is -0.463 e. The molecule has 8 heteroatoms. The van der Waals surface area contributed by atoms with Crippen molar-refractivity contribution >= 4 is 23.7 Å². The molecule has 3 amide bonds. The molecule has 0 aliphatic carbocycles. The van der Waals surface area contributed by atoms with Crippen molar-refractivity contribution in [2.24, 2.45) is 11.3 Å². The zero-order chi connectivity index (χ0) is 20.6. The standard InChI is InChI=1S/C19H31N3O5/c1-6-13-17(25)22-16(18(26)21-13)19(4,5)10-12(3)11-20-14(23)8-9-15(24)27-7-2/h8-9,12-13,16H,6-7,10-11H2,1-5H3,(H,20,23)(H,21,26)(H,22,25)/b9-8+. The summed E-state index contributed by atoms with van der Waals surface area (Å²) < 4.78 is 4.71. The van der Waals surface area contributed by atoms with Crippen molar-refractivity contribution in [1.29, 1.82) is 0 Å². The summed E-state index contributed by atoms with van der Waals surface area (Å²) >= 11 is 0. The number of rotatable bonds is 9. The van der Waals surface area contributed by atoms with E-state index in [1.807, 2.05) is 27.7 Å². The van der Waals surface area contributed by atoms with Crippen LogP contribution in [0.2, 0.25) is 0 Å². The summed E-state index contributed by atoms with van der Waals surface area (Å²) in [5.74, 6) is -1.23. The molecule has 0 bridgehead atoms. The van der Waals surface area contributed by atoms with Gasteiger partial charge in [0.15, 0.2) is 0 Å². The van der Waals surface area contributed by atoms with Gasteiger partial charge in [-0.3, -0.25) is 14.4 Å². The second-order valence-corrected chi connectivity index (χ2v) is 7.54. The Kier molecular flexibility index (Phi) is 8.46. The maximum absolute atomic E-state index is 12.4. The SMILES string of the molecule is CCOC(=O)/C=C/C(=O)NCC(C)CC(C)(C)C1NC(=O)C(CC)NC1=O. The maximum atomic E-state index is 12.4. The molecule has 27 heavy (non-hydrogen) atoms. The molecule has 1 heterocycles. The van der Waals surface area contributed by atoms with Crippen molar-refractivity contribution in [2.45, 2.75) is 59.5 Å². The van der Waals surface area contributed by atoms with E-state index in [9.17, 15) is 19.2 Å². The number of ether oxygens (including phenoxy) is 1. The normalized spacial score (nSPS) is 21.4. The lowest BCUT2D eigenvalue weighted by Gasteiger charge is -2.40. The molecule has 3 unspecified atom stereocenters. The lowest BCUT2D eigenvalue weighted by atomic mass is 9.75. The number of hydrogen-bond acceptors (Lipinski definition) is 5. The van der Waals surface area contributed by atoms with Crippen LogP contribution < -0.4 is 16.0 Å². The molecule has 1 rings (SSSR count). The van der Waals surface area contributed by atoms with Gasteiger partial charge in [0.05, 0.1) is 6.61 Å². The maximum Gasteiger partial charge on any atom is 0.330 e. The van der Waals surface area contributed by atoms with Crippen LogP contribution in [0, 0.1) is 11.3 Å². The molecule has 0 aromatic carbocycles. The van der Waals surface area contributed by atoms with Gasteiger partial charge in [0, 0.05) is 18.7 Å². The molecule has 0 spiro atoms. The van der Waals surface area contributed by atoms with E-state index in [1.165, 1.54) is 0 Å². The van der Waals surface area contributed by atoms with E-state index in [1.54, 1.807) is 6.92 Å². The van der Waals surface area contributed by atoms with Gasteiger partial charge >= 0.3 is 5.97 Å². The Bertz CT molecular complexity index is 600. The highest BCUT2D eigenvalue weighted by Crippen LogP contribution is 2.30. The highest BCUT2D eigenvalue weighted by molar-refractivity contribution is 5.97. The number of nitrogens with one attached hydrogen (secondary N) is 3. The number of carbonyl (C=O) groups is 4. The van der Waals surface area contributed by atoms with Crippen molar-refractivity contribution in [3.8, 4) is 0 Å². The fourth-order valence-electron chi connectivity index (χ4n) is 3.22. The van der Waals surface area contributed by atoms with Crippen LogP contribution in [-0.2, 0) is 23.9 Å². The zero-order valence-electron chi connectivity index (χ0n) is 16.8. The molecule has 0 aromatic rings. The lowest BCUT2D eigenvalue weighted by Crippen LogP contribution is -2.65. The monoisotopic (exact) mass is 381 g/mol. The van der Waals surface area contributed by atoms with Crippen LogP contribution in [0.3, 0.4) is 0 Å². The molecule has 1 aliphatic rings. The van der Waals surface area contributed by atoms with Gasteiger partial charge in [-0.15, -0.1) is 0 Å².